The van der Waals surface area contributed by atoms with Crippen LogP contribution in [0, 0.1) is 11.7 Å². The van der Waals surface area contributed by atoms with Gasteiger partial charge in [-0.05, 0) is 50.9 Å². The van der Waals surface area contributed by atoms with Crippen LogP contribution in [0.2, 0.25) is 0 Å². The smallest absolute Gasteiger partial charge is 0.206 e. The van der Waals surface area contributed by atoms with Gasteiger partial charge in [-0.2, -0.15) is 0 Å². The normalized spacial score (nSPS) is 28.1. The molecule has 0 radical (unpaired) electrons. The summed E-state index contributed by atoms with van der Waals surface area (Å²) >= 11 is 0. The molecule has 8 nitrogen and oxygen atoms in total. The highest BCUT2D eigenvalue weighted by molar-refractivity contribution is 6.07. The maximum Gasteiger partial charge on any atom is 0.206 e. The van der Waals surface area contributed by atoms with Gasteiger partial charge in [0.05, 0.1) is 13.7 Å². The Morgan fingerprint density at radius 2 is 2.03 bits per heavy atom. The summed E-state index contributed by atoms with van der Waals surface area (Å²) in [5.74, 6) is 0.109. The van der Waals surface area contributed by atoms with Crippen molar-refractivity contribution in [3.8, 4) is 5.75 Å². The van der Waals surface area contributed by atoms with E-state index in [0.29, 0.717) is 30.2 Å². The average molecular weight is 460 g/mol. The fourth-order valence-corrected chi connectivity index (χ4v) is 5.22. The SMILES string of the molecule is CCN1CCC[C@@H]1CN=C1NC(Nc2ccc(OC)c(F)c2)=NC(N)(C2CCCCCC2)N1. The van der Waals surface area contributed by atoms with Crippen LogP contribution in [0.25, 0.3) is 0 Å². The first-order valence-electron chi connectivity index (χ1n) is 12.3. The van der Waals surface area contributed by atoms with Gasteiger partial charge >= 0.3 is 0 Å². The number of ether oxygens (including phenoxy) is 1. The Hall–Kier alpha value is -2.39. The van der Waals surface area contributed by atoms with Gasteiger partial charge < -0.3 is 15.4 Å². The molecule has 0 bridgehead atoms. The Morgan fingerprint density at radius 1 is 1.24 bits per heavy atom. The molecule has 33 heavy (non-hydrogen) atoms. The van der Waals surface area contributed by atoms with Crippen molar-refractivity contribution >= 4 is 17.6 Å². The zero-order valence-corrected chi connectivity index (χ0v) is 19.9. The maximum atomic E-state index is 14.2. The number of halogens is 1. The minimum absolute atomic E-state index is 0.201. The molecule has 1 aromatic rings. The number of nitrogens with two attached hydrogens (primary N) is 1. The van der Waals surface area contributed by atoms with Gasteiger partial charge in [-0.15, -0.1) is 0 Å². The third-order valence-electron chi connectivity index (χ3n) is 7.11. The van der Waals surface area contributed by atoms with Crippen molar-refractivity contribution in [2.24, 2.45) is 21.6 Å². The van der Waals surface area contributed by atoms with Crippen LogP contribution in [0.3, 0.4) is 0 Å². The van der Waals surface area contributed by atoms with E-state index in [4.69, 9.17) is 20.5 Å². The van der Waals surface area contributed by atoms with Crippen molar-refractivity contribution in [1.29, 1.82) is 0 Å². The molecule has 1 saturated carbocycles. The molecule has 2 fully saturated rings. The number of likely N-dealkylation sites (N-methyl/N-ethyl adjacent to an activating group) is 1. The molecule has 1 aliphatic carbocycles. The van der Waals surface area contributed by atoms with Gasteiger partial charge in [-0.3, -0.25) is 20.9 Å². The Balaban J connectivity index is 1.56. The van der Waals surface area contributed by atoms with Crippen LogP contribution in [0.15, 0.2) is 28.2 Å². The standard InChI is InChI=1S/C24H38FN7O/c1-3-32-14-8-11-19(32)16-27-22-29-23(28-18-12-13-21(33-2)20(25)15-18)31-24(26,30-22)17-9-6-4-5-7-10-17/h12-13,15,17,19H,3-11,14,16,26H2,1-2H3,(H3,27,28,29,30,31)/t19-,24?/m1/s1. The summed E-state index contributed by atoms with van der Waals surface area (Å²) in [6, 6.07) is 5.19. The summed E-state index contributed by atoms with van der Waals surface area (Å²) < 4.78 is 19.3. The van der Waals surface area contributed by atoms with Crippen LogP contribution >= 0.6 is 0 Å². The van der Waals surface area contributed by atoms with Crippen LogP contribution in [-0.4, -0.2) is 55.4 Å². The number of anilines is 1. The van der Waals surface area contributed by atoms with E-state index in [1.165, 1.54) is 32.4 Å². The molecule has 2 heterocycles. The van der Waals surface area contributed by atoms with Gasteiger partial charge in [-0.25, -0.2) is 9.38 Å². The number of rotatable bonds is 6. The number of benzene rings is 1. The summed E-state index contributed by atoms with van der Waals surface area (Å²) in [5, 5.41) is 9.84. The lowest BCUT2D eigenvalue weighted by atomic mass is 9.92. The van der Waals surface area contributed by atoms with E-state index >= 15 is 0 Å². The lowest BCUT2D eigenvalue weighted by Crippen LogP contribution is -2.67. The van der Waals surface area contributed by atoms with Gasteiger partial charge in [-0.1, -0.05) is 32.6 Å². The number of nitrogens with one attached hydrogen (secondary N) is 3. The fraction of sp³-hybridized carbons (Fsp3) is 0.667. The van der Waals surface area contributed by atoms with E-state index in [2.05, 4.69) is 27.8 Å². The van der Waals surface area contributed by atoms with E-state index in [9.17, 15) is 4.39 Å². The molecule has 9 heteroatoms. The van der Waals surface area contributed by atoms with Crippen LogP contribution in [0.4, 0.5) is 10.1 Å². The predicted molar refractivity (Wildman–Crippen MR) is 131 cm³/mol. The van der Waals surface area contributed by atoms with Crippen molar-refractivity contribution in [2.45, 2.75) is 70.1 Å². The van der Waals surface area contributed by atoms with E-state index in [-0.39, 0.29) is 11.7 Å². The molecular formula is C24H38FN7O. The summed E-state index contributed by atoms with van der Waals surface area (Å²) in [5.41, 5.74) is 7.45. The van der Waals surface area contributed by atoms with E-state index in [1.54, 1.807) is 12.1 Å². The second kappa shape index (κ2) is 10.7. The Bertz CT molecular complexity index is 868. The Kier molecular flexibility index (Phi) is 7.70. The first-order chi connectivity index (χ1) is 16.0. The van der Waals surface area contributed by atoms with E-state index in [0.717, 1.165) is 45.2 Å². The highest BCUT2D eigenvalue weighted by atomic mass is 19.1. The minimum atomic E-state index is -0.956. The third kappa shape index (κ3) is 5.76. The van der Waals surface area contributed by atoms with Gasteiger partial charge in [0.15, 0.2) is 17.4 Å². The lowest BCUT2D eigenvalue weighted by Gasteiger charge is -2.39. The van der Waals surface area contributed by atoms with Gasteiger partial charge in [0.1, 0.15) is 0 Å². The van der Waals surface area contributed by atoms with Crippen LogP contribution in [0.5, 0.6) is 5.75 Å². The molecule has 2 atom stereocenters. The zero-order valence-electron chi connectivity index (χ0n) is 19.9. The fourth-order valence-electron chi connectivity index (χ4n) is 5.22. The first kappa shape index (κ1) is 23.8. The summed E-state index contributed by atoms with van der Waals surface area (Å²) in [4.78, 5) is 12.2. The Labute approximate surface area is 196 Å². The number of methoxy groups -OCH3 is 1. The van der Waals surface area contributed by atoms with E-state index < -0.39 is 11.6 Å². The average Bonchev–Trinajstić information content (AvgIpc) is 3.07. The second-order valence-electron chi connectivity index (χ2n) is 9.31. The zero-order chi connectivity index (χ0) is 23.3. The molecule has 0 spiro atoms. The summed E-state index contributed by atoms with van der Waals surface area (Å²) in [6.45, 7) is 5.07. The van der Waals surface area contributed by atoms with Crippen molar-refractivity contribution in [3.05, 3.63) is 24.0 Å². The molecule has 0 aromatic heterocycles. The highest BCUT2D eigenvalue weighted by Gasteiger charge is 2.39. The largest absolute Gasteiger partial charge is 0.494 e. The van der Waals surface area contributed by atoms with Crippen LogP contribution in [0.1, 0.15) is 58.3 Å². The van der Waals surface area contributed by atoms with Crippen molar-refractivity contribution in [2.75, 3.05) is 32.1 Å². The number of nitrogens with zero attached hydrogens (tertiary/aromatic N) is 3. The highest BCUT2D eigenvalue weighted by Crippen LogP contribution is 2.31. The second-order valence-corrected chi connectivity index (χ2v) is 9.31. The monoisotopic (exact) mass is 459 g/mol. The molecule has 1 unspecified atom stereocenters. The number of likely N-dealkylation sites (tertiary alicyclic amines) is 1. The molecule has 2 aliphatic heterocycles. The van der Waals surface area contributed by atoms with Crippen molar-refractivity contribution in [3.63, 3.8) is 0 Å². The molecule has 5 N–H and O–H groups in total. The topological polar surface area (TPSA) is 99.3 Å². The predicted octanol–water partition coefficient (Wildman–Crippen LogP) is 3.22. The van der Waals surface area contributed by atoms with E-state index in [1.807, 2.05) is 0 Å². The number of hydrogen-bond donors (Lipinski definition) is 4. The molecule has 0 amide bonds. The van der Waals surface area contributed by atoms with Crippen LogP contribution in [-0.2, 0) is 0 Å². The molecule has 182 valence electrons. The summed E-state index contributed by atoms with van der Waals surface area (Å²) in [6.07, 6.45) is 9.20. The number of hydrogen-bond acceptors (Lipinski definition) is 6. The number of guanidine groups is 2. The molecule has 4 rings (SSSR count). The molecular weight excluding hydrogens is 421 g/mol. The number of aliphatic imine (C=N–C) groups is 2. The van der Waals surface area contributed by atoms with Gasteiger partial charge in [0.25, 0.3) is 0 Å². The van der Waals surface area contributed by atoms with Gasteiger partial charge in [0, 0.05) is 23.7 Å². The van der Waals surface area contributed by atoms with Crippen molar-refractivity contribution in [1.82, 2.24) is 15.5 Å². The first-order valence-corrected chi connectivity index (χ1v) is 12.3. The van der Waals surface area contributed by atoms with Crippen LogP contribution < -0.4 is 26.4 Å². The van der Waals surface area contributed by atoms with Gasteiger partial charge in [0.2, 0.25) is 11.9 Å². The lowest BCUT2D eigenvalue weighted by molar-refractivity contribution is 0.226. The maximum absolute atomic E-state index is 14.2. The minimum Gasteiger partial charge on any atom is -0.494 e. The molecule has 1 saturated heterocycles. The third-order valence-corrected chi connectivity index (χ3v) is 7.11. The molecule has 1 aromatic carbocycles. The van der Waals surface area contributed by atoms with Crippen molar-refractivity contribution < 1.29 is 9.13 Å². The Morgan fingerprint density at radius 3 is 2.73 bits per heavy atom. The molecule has 3 aliphatic rings. The summed E-state index contributed by atoms with van der Waals surface area (Å²) in [7, 11) is 1.45. The quantitative estimate of drug-likeness (QED) is 0.488.